The Hall–Kier alpha value is -1.44. The van der Waals surface area contributed by atoms with Crippen molar-refractivity contribution in [2.75, 3.05) is 13.1 Å². The van der Waals surface area contributed by atoms with Gasteiger partial charge in [0.25, 0.3) is 0 Å². The van der Waals surface area contributed by atoms with Crippen LogP contribution in [0.2, 0.25) is 0 Å². The largest absolute Gasteiger partial charge is 0.389 e. The van der Waals surface area contributed by atoms with Gasteiger partial charge in [0.05, 0.1) is 0 Å². The molecule has 0 saturated heterocycles. The summed E-state index contributed by atoms with van der Waals surface area (Å²) in [6, 6.07) is 0. The molecule has 0 bridgehead atoms. The molecule has 0 unspecified atom stereocenters. The van der Waals surface area contributed by atoms with Crippen LogP contribution in [0.15, 0.2) is 48.5 Å². The van der Waals surface area contributed by atoms with Crippen molar-refractivity contribution in [2.24, 2.45) is 5.92 Å². The van der Waals surface area contributed by atoms with Crippen LogP contribution >= 0.6 is 0 Å². The van der Waals surface area contributed by atoms with Gasteiger partial charge < -0.3 is 10.2 Å². The van der Waals surface area contributed by atoms with Crippen LogP contribution < -0.4 is 5.32 Å². The molecule has 0 saturated carbocycles. The van der Waals surface area contributed by atoms with Crippen molar-refractivity contribution >= 4 is 0 Å². The second-order valence-electron chi connectivity index (χ2n) is 5.71. The average molecular weight is 260 g/mol. The maximum atomic E-state index is 4.07. The molecule has 1 aliphatic heterocycles. The van der Waals surface area contributed by atoms with Gasteiger partial charge in [0.2, 0.25) is 0 Å². The Morgan fingerprint density at radius 2 is 2.16 bits per heavy atom. The fourth-order valence-electron chi connectivity index (χ4n) is 1.91. The number of allylic oxidation sites excluding steroid dienone is 4. The summed E-state index contributed by atoms with van der Waals surface area (Å²) in [6.07, 6.45) is 9.75. The molecule has 19 heavy (non-hydrogen) atoms. The van der Waals surface area contributed by atoms with E-state index in [1.807, 2.05) is 0 Å². The normalized spacial score (nSPS) is 14.8. The predicted molar refractivity (Wildman–Crippen MR) is 84.6 cm³/mol. The van der Waals surface area contributed by atoms with E-state index in [0.29, 0.717) is 0 Å². The molecule has 0 fully saturated rings. The molecule has 1 rings (SSSR count). The second-order valence-corrected chi connectivity index (χ2v) is 5.71. The third-order valence-corrected chi connectivity index (χ3v) is 3.32. The third kappa shape index (κ3) is 6.32. The summed E-state index contributed by atoms with van der Waals surface area (Å²) in [7, 11) is 0. The molecule has 0 aliphatic carbocycles. The summed E-state index contributed by atoms with van der Waals surface area (Å²) in [5, 5.41) is 3.41. The molecule has 106 valence electrons. The SMILES string of the molecule is C=C(CCC(C)C)NCCCN1C=CC(=C)C(C)=C1. The highest BCUT2D eigenvalue weighted by atomic mass is 15.1. The summed E-state index contributed by atoms with van der Waals surface area (Å²) in [5.41, 5.74) is 3.52. The summed E-state index contributed by atoms with van der Waals surface area (Å²) in [6.45, 7) is 16.7. The van der Waals surface area contributed by atoms with Crippen molar-refractivity contribution in [2.45, 2.75) is 40.0 Å². The zero-order valence-corrected chi connectivity index (χ0v) is 12.7. The van der Waals surface area contributed by atoms with E-state index < -0.39 is 0 Å². The van der Waals surface area contributed by atoms with Crippen molar-refractivity contribution in [1.82, 2.24) is 10.2 Å². The minimum Gasteiger partial charge on any atom is -0.389 e. The molecule has 1 heterocycles. The minimum atomic E-state index is 0.748. The Morgan fingerprint density at radius 3 is 2.79 bits per heavy atom. The van der Waals surface area contributed by atoms with Gasteiger partial charge in [0.1, 0.15) is 0 Å². The van der Waals surface area contributed by atoms with Crippen LogP contribution in [0.1, 0.15) is 40.0 Å². The van der Waals surface area contributed by atoms with Crippen LogP contribution in [0.4, 0.5) is 0 Å². The summed E-state index contributed by atoms with van der Waals surface area (Å²) in [5.74, 6) is 0.748. The molecule has 0 aromatic rings. The molecule has 1 aliphatic rings. The van der Waals surface area contributed by atoms with E-state index >= 15 is 0 Å². The first-order valence-electron chi connectivity index (χ1n) is 7.22. The third-order valence-electron chi connectivity index (χ3n) is 3.32. The van der Waals surface area contributed by atoms with Gasteiger partial charge in [-0.25, -0.2) is 0 Å². The van der Waals surface area contributed by atoms with Crippen molar-refractivity contribution in [3.05, 3.63) is 48.5 Å². The van der Waals surface area contributed by atoms with Crippen molar-refractivity contribution < 1.29 is 0 Å². The zero-order valence-electron chi connectivity index (χ0n) is 12.7. The lowest BCUT2D eigenvalue weighted by atomic mass is 10.1. The Bertz CT molecular complexity index is 375. The molecule has 0 radical (unpaired) electrons. The minimum absolute atomic E-state index is 0.748. The van der Waals surface area contributed by atoms with Gasteiger partial charge in [-0.3, -0.25) is 0 Å². The Kier molecular flexibility index (Phi) is 6.48. The molecule has 0 atom stereocenters. The van der Waals surface area contributed by atoms with E-state index in [2.05, 4.69) is 62.6 Å². The Morgan fingerprint density at radius 1 is 1.42 bits per heavy atom. The van der Waals surface area contributed by atoms with Crippen LogP contribution in [0.5, 0.6) is 0 Å². The Balaban J connectivity index is 2.13. The number of hydrogen-bond donors (Lipinski definition) is 1. The van der Waals surface area contributed by atoms with Gasteiger partial charge >= 0.3 is 0 Å². The standard InChI is InChI=1S/C17H28N2/c1-14(2)7-8-17(5)18-10-6-11-19-12-9-15(3)16(4)13-19/h9,12-14,18H,3,5-8,10-11H2,1-2,4H3. The van der Waals surface area contributed by atoms with E-state index in [1.165, 1.54) is 17.7 Å². The molecular formula is C17H28N2. The van der Waals surface area contributed by atoms with Gasteiger partial charge in [-0.05, 0) is 49.3 Å². The first-order valence-corrected chi connectivity index (χ1v) is 7.22. The molecule has 2 nitrogen and oxygen atoms in total. The molecule has 0 aromatic carbocycles. The molecule has 1 N–H and O–H groups in total. The van der Waals surface area contributed by atoms with Gasteiger partial charge in [-0.15, -0.1) is 0 Å². The molecule has 0 amide bonds. The van der Waals surface area contributed by atoms with Crippen LogP contribution in [0, 0.1) is 5.92 Å². The van der Waals surface area contributed by atoms with Crippen LogP contribution in [0.25, 0.3) is 0 Å². The van der Waals surface area contributed by atoms with Crippen molar-refractivity contribution in [3.63, 3.8) is 0 Å². The van der Waals surface area contributed by atoms with E-state index in [9.17, 15) is 0 Å². The van der Waals surface area contributed by atoms with E-state index in [-0.39, 0.29) is 0 Å². The van der Waals surface area contributed by atoms with Gasteiger partial charge in [0.15, 0.2) is 0 Å². The number of hydrogen-bond acceptors (Lipinski definition) is 2. The predicted octanol–water partition coefficient (Wildman–Crippen LogP) is 4.21. The van der Waals surface area contributed by atoms with Gasteiger partial charge in [-0.1, -0.05) is 27.0 Å². The number of nitrogens with one attached hydrogen (secondary N) is 1. The highest BCUT2D eigenvalue weighted by molar-refractivity contribution is 5.38. The van der Waals surface area contributed by atoms with E-state index in [4.69, 9.17) is 0 Å². The summed E-state index contributed by atoms with van der Waals surface area (Å²) < 4.78 is 0. The molecular weight excluding hydrogens is 232 g/mol. The molecule has 0 spiro atoms. The monoisotopic (exact) mass is 260 g/mol. The number of nitrogens with zero attached hydrogens (tertiary/aromatic N) is 1. The zero-order chi connectivity index (χ0) is 14.3. The molecule has 2 heteroatoms. The first-order chi connectivity index (χ1) is 8.99. The highest BCUT2D eigenvalue weighted by Crippen LogP contribution is 2.15. The first kappa shape index (κ1) is 15.6. The summed E-state index contributed by atoms with van der Waals surface area (Å²) >= 11 is 0. The second kappa shape index (κ2) is 7.88. The quantitative estimate of drug-likeness (QED) is 0.658. The fourth-order valence-corrected chi connectivity index (χ4v) is 1.91. The molecule has 0 aromatic heterocycles. The van der Waals surface area contributed by atoms with Gasteiger partial charge in [0, 0.05) is 31.2 Å². The van der Waals surface area contributed by atoms with E-state index in [0.717, 1.165) is 37.4 Å². The van der Waals surface area contributed by atoms with Gasteiger partial charge in [-0.2, -0.15) is 0 Å². The lowest BCUT2D eigenvalue weighted by Gasteiger charge is -2.21. The summed E-state index contributed by atoms with van der Waals surface area (Å²) in [4.78, 5) is 2.22. The van der Waals surface area contributed by atoms with Crippen molar-refractivity contribution in [1.29, 1.82) is 0 Å². The smallest absolute Gasteiger partial charge is 0.0236 e. The Labute approximate surface area is 118 Å². The lowest BCUT2D eigenvalue weighted by molar-refractivity contribution is 0.473. The topological polar surface area (TPSA) is 15.3 Å². The van der Waals surface area contributed by atoms with Crippen molar-refractivity contribution in [3.8, 4) is 0 Å². The number of rotatable bonds is 8. The van der Waals surface area contributed by atoms with Crippen LogP contribution in [-0.2, 0) is 0 Å². The van der Waals surface area contributed by atoms with E-state index in [1.54, 1.807) is 0 Å². The highest BCUT2D eigenvalue weighted by Gasteiger charge is 2.04. The van der Waals surface area contributed by atoms with Crippen LogP contribution in [0.3, 0.4) is 0 Å². The fraction of sp³-hybridized carbons (Fsp3) is 0.529. The maximum Gasteiger partial charge on any atom is 0.0236 e. The maximum absolute atomic E-state index is 4.07. The van der Waals surface area contributed by atoms with Crippen LogP contribution in [-0.4, -0.2) is 18.0 Å². The lowest BCUT2D eigenvalue weighted by Crippen LogP contribution is -2.21. The average Bonchev–Trinajstić information content (AvgIpc) is 2.36.